The summed E-state index contributed by atoms with van der Waals surface area (Å²) in [5, 5.41) is 32.8. The van der Waals surface area contributed by atoms with Crippen LogP contribution in [0.5, 0.6) is 0 Å². The van der Waals surface area contributed by atoms with Crippen LogP contribution in [0.2, 0.25) is 0 Å². The van der Waals surface area contributed by atoms with Crippen molar-refractivity contribution < 1.29 is 15.3 Å². The van der Waals surface area contributed by atoms with E-state index < -0.39 is 23.7 Å². The lowest BCUT2D eigenvalue weighted by molar-refractivity contribution is -0.121. The van der Waals surface area contributed by atoms with Gasteiger partial charge in [0.1, 0.15) is 11.7 Å². The Bertz CT molecular complexity index is 781. The maximum atomic E-state index is 12.1. The maximum Gasteiger partial charge on any atom is 0.114 e. The van der Waals surface area contributed by atoms with Crippen molar-refractivity contribution in [2.24, 2.45) is 0 Å². The second-order valence-electron chi connectivity index (χ2n) is 6.96. The van der Waals surface area contributed by atoms with Crippen molar-refractivity contribution in [2.45, 2.75) is 23.5 Å². The van der Waals surface area contributed by atoms with Crippen molar-refractivity contribution in [3.05, 3.63) is 120 Å². The second-order valence-corrected chi connectivity index (χ2v) is 6.96. The molecule has 0 aromatic heterocycles. The highest BCUT2D eigenvalue weighted by Gasteiger charge is 2.56. The molecule has 0 radical (unpaired) electrons. The normalized spacial score (nSPS) is 14.8. The number of hydrogen-bond acceptors (Lipinski definition) is 3. The summed E-state index contributed by atoms with van der Waals surface area (Å²) in [5.74, 6) is 0. The first-order chi connectivity index (χ1) is 13.6. The van der Waals surface area contributed by atoms with Crippen molar-refractivity contribution in [1.82, 2.24) is 0 Å². The molecule has 144 valence electrons. The van der Waals surface area contributed by atoms with Crippen LogP contribution in [0, 0.1) is 0 Å². The lowest BCUT2D eigenvalue weighted by Gasteiger charge is -2.50. The van der Waals surface area contributed by atoms with Crippen LogP contribution < -0.4 is 0 Å². The average Bonchev–Trinajstić information content (AvgIpc) is 2.76. The fourth-order valence-electron chi connectivity index (χ4n) is 4.22. The first-order valence-corrected chi connectivity index (χ1v) is 9.40. The molecule has 3 N–H and O–H groups in total. The van der Waals surface area contributed by atoms with E-state index in [1.165, 1.54) is 0 Å². The summed E-state index contributed by atoms with van der Waals surface area (Å²) in [6.45, 7) is 3.23. The van der Waals surface area contributed by atoms with Gasteiger partial charge in [-0.05, 0) is 23.1 Å². The number of aliphatic hydroxyl groups excluding tert-OH is 2. The predicted molar refractivity (Wildman–Crippen MR) is 112 cm³/mol. The van der Waals surface area contributed by atoms with Crippen LogP contribution in [0.25, 0.3) is 0 Å². The van der Waals surface area contributed by atoms with Gasteiger partial charge in [-0.1, -0.05) is 97.1 Å². The summed E-state index contributed by atoms with van der Waals surface area (Å²) in [6.07, 6.45) is 0.293. The number of aliphatic hydroxyl groups is 3. The molecule has 3 aromatic carbocycles. The van der Waals surface area contributed by atoms with Gasteiger partial charge in [0.15, 0.2) is 0 Å². The van der Waals surface area contributed by atoms with E-state index in [0.29, 0.717) is 0 Å². The van der Waals surface area contributed by atoms with Crippen molar-refractivity contribution >= 4 is 0 Å². The Hall–Kier alpha value is -2.72. The molecule has 3 heteroatoms. The molecule has 0 aliphatic carbocycles. The van der Waals surface area contributed by atoms with E-state index in [2.05, 4.69) is 6.58 Å². The van der Waals surface area contributed by atoms with Gasteiger partial charge in [-0.3, -0.25) is 0 Å². The lowest BCUT2D eigenvalue weighted by Crippen LogP contribution is -2.61. The van der Waals surface area contributed by atoms with Crippen molar-refractivity contribution in [3.63, 3.8) is 0 Å². The Morgan fingerprint density at radius 2 is 1.11 bits per heavy atom. The molecule has 2 unspecified atom stereocenters. The van der Waals surface area contributed by atoms with Crippen LogP contribution in [-0.2, 0) is 5.41 Å². The molecule has 2 atom stereocenters. The van der Waals surface area contributed by atoms with Crippen LogP contribution in [0.3, 0.4) is 0 Å². The van der Waals surface area contributed by atoms with Gasteiger partial charge >= 0.3 is 0 Å². The molecular weight excluding hydrogens is 348 g/mol. The number of benzene rings is 3. The summed E-state index contributed by atoms with van der Waals surface area (Å²) >= 11 is 0. The van der Waals surface area contributed by atoms with E-state index in [1.807, 2.05) is 91.0 Å². The van der Waals surface area contributed by atoms with Crippen LogP contribution >= 0.6 is 0 Å². The highest BCUT2D eigenvalue weighted by molar-refractivity contribution is 5.54. The quantitative estimate of drug-likeness (QED) is 0.416. The van der Waals surface area contributed by atoms with Gasteiger partial charge in [0, 0.05) is 0 Å². The second kappa shape index (κ2) is 8.53. The van der Waals surface area contributed by atoms with E-state index in [9.17, 15) is 15.3 Å². The smallest absolute Gasteiger partial charge is 0.114 e. The topological polar surface area (TPSA) is 60.7 Å². The zero-order chi connectivity index (χ0) is 20.0. The van der Waals surface area contributed by atoms with E-state index in [4.69, 9.17) is 0 Å². The highest BCUT2D eigenvalue weighted by atomic mass is 16.4. The van der Waals surface area contributed by atoms with Gasteiger partial charge in [0.05, 0.1) is 12.0 Å². The zero-order valence-electron chi connectivity index (χ0n) is 15.8. The van der Waals surface area contributed by atoms with Gasteiger partial charge in [0.2, 0.25) is 0 Å². The zero-order valence-corrected chi connectivity index (χ0v) is 15.8. The Labute approximate surface area is 166 Å². The largest absolute Gasteiger partial charge is 0.394 e. The molecule has 0 amide bonds. The van der Waals surface area contributed by atoms with Gasteiger partial charge < -0.3 is 15.3 Å². The Morgan fingerprint density at radius 1 is 0.750 bits per heavy atom. The summed E-state index contributed by atoms with van der Waals surface area (Å²) < 4.78 is 0. The summed E-state index contributed by atoms with van der Waals surface area (Å²) in [7, 11) is 0. The molecule has 0 heterocycles. The molecule has 28 heavy (non-hydrogen) atoms. The average molecular weight is 374 g/mol. The highest BCUT2D eigenvalue weighted by Crippen LogP contribution is 2.50. The third-order valence-electron chi connectivity index (χ3n) is 5.45. The fourth-order valence-corrected chi connectivity index (χ4v) is 4.22. The monoisotopic (exact) mass is 374 g/mol. The summed E-state index contributed by atoms with van der Waals surface area (Å²) in [4.78, 5) is 0. The van der Waals surface area contributed by atoms with E-state index in [1.54, 1.807) is 6.08 Å². The Morgan fingerprint density at radius 3 is 1.39 bits per heavy atom. The third-order valence-corrected chi connectivity index (χ3v) is 5.45. The van der Waals surface area contributed by atoms with Crippen LogP contribution in [-0.4, -0.2) is 33.6 Å². The van der Waals surface area contributed by atoms with Gasteiger partial charge in [-0.2, -0.15) is 0 Å². The minimum absolute atomic E-state index is 0.0907. The van der Waals surface area contributed by atoms with Crippen LogP contribution in [0.4, 0.5) is 0 Å². The molecule has 0 fully saturated rings. The van der Waals surface area contributed by atoms with Crippen molar-refractivity contribution in [3.8, 4) is 0 Å². The summed E-state index contributed by atoms with van der Waals surface area (Å²) in [5.41, 5.74) is -0.376. The first-order valence-electron chi connectivity index (χ1n) is 9.40. The third kappa shape index (κ3) is 3.18. The molecule has 3 aromatic rings. The van der Waals surface area contributed by atoms with Crippen molar-refractivity contribution in [1.29, 1.82) is 0 Å². The van der Waals surface area contributed by atoms with Gasteiger partial charge in [-0.15, -0.1) is 6.58 Å². The van der Waals surface area contributed by atoms with Crippen molar-refractivity contribution in [2.75, 3.05) is 6.61 Å². The molecule has 3 nitrogen and oxygen atoms in total. The predicted octanol–water partition coefficient (Wildman–Crippen LogP) is 3.68. The maximum absolute atomic E-state index is 12.1. The molecule has 0 saturated carbocycles. The molecule has 3 rings (SSSR count). The van der Waals surface area contributed by atoms with Gasteiger partial charge in [-0.25, -0.2) is 0 Å². The molecule has 0 aliphatic rings. The number of hydrogen-bond donors (Lipinski definition) is 3. The first kappa shape index (κ1) is 20.0. The minimum atomic E-state index is -1.73. The fraction of sp³-hybridized carbons (Fsp3) is 0.200. The van der Waals surface area contributed by atoms with E-state index in [0.717, 1.165) is 16.7 Å². The summed E-state index contributed by atoms with van der Waals surface area (Å²) in [6, 6.07) is 28.9. The minimum Gasteiger partial charge on any atom is -0.394 e. The molecule has 0 saturated heterocycles. The molecule has 0 aliphatic heterocycles. The van der Waals surface area contributed by atoms with Crippen LogP contribution in [0.15, 0.2) is 104 Å². The standard InChI is InChI=1S/C25H26O3/c1-2-18-24(28,23(27)19-26)25(20-12-6-3-7-13-20,21-14-8-4-9-15-21)22-16-10-5-11-17-22/h2-17,23,26-28H,1,18-19H2. The van der Waals surface area contributed by atoms with Crippen LogP contribution in [0.1, 0.15) is 23.1 Å². The number of rotatable bonds is 8. The van der Waals surface area contributed by atoms with E-state index in [-0.39, 0.29) is 6.42 Å². The Balaban J connectivity index is 2.49. The SMILES string of the molecule is C=CCC(O)(C(O)CO)C(c1ccccc1)(c1ccccc1)c1ccccc1. The van der Waals surface area contributed by atoms with E-state index >= 15 is 0 Å². The molecule has 0 spiro atoms. The lowest BCUT2D eigenvalue weighted by atomic mass is 9.56. The van der Waals surface area contributed by atoms with Gasteiger partial charge in [0.25, 0.3) is 0 Å². The Kier molecular flexibility index (Phi) is 6.10. The molecular formula is C25H26O3. The molecule has 0 bridgehead atoms.